The first-order chi connectivity index (χ1) is 47.7. The van der Waals surface area contributed by atoms with E-state index in [1.54, 1.807) is 4.90 Å². The van der Waals surface area contributed by atoms with Gasteiger partial charge in [-0.2, -0.15) is 0 Å². The molecule has 3 aliphatic heterocycles. The molecule has 0 aliphatic carbocycles. The molecule has 0 spiro atoms. The van der Waals surface area contributed by atoms with Gasteiger partial charge in [-0.3, -0.25) is 0 Å². The maximum Gasteiger partial charge on any atom is 0.494 e. The second kappa shape index (κ2) is 39.7. The molecule has 0 saturated carbocycles. The Hall–Kier alpha value is -4.60. The molecule has 3 heterocycles. The summed E-state index contributed by atoms with van der Waals surface area (Å²) in [5.41, 5.74) is 7.33. The number of nitrogens with zero attached hydrogens (tertiary/aromatic N) is 2. The van der Waals surface area contributed by atoms with E-state index < -0.39 is 54.1 Å². The molecule has 0 unspecified atom stereocenters. The first kappa shape index (κ1) is 83.7. The highest BCUT2D eigenvalue weighted by atomic mass is 79.9. The molecule has 0 aromatic heterocycles. The van der Waals surface area contributed by atoms with Gasteiger partial charge in [0.1, 0.15) is 0 Å². The molecule has 8 aromatic rings. The van der Waals surface area contributed by atoms with Crippen LogP contribution in [-0.2, 0) is 45.9 Å². The highest BCUT2D eigenvalue weighted by Gasteiger charge is 2.53. The SMILES string of the molecule is Brc1ccc(N(c2ccc(Br)cc2)c2ccc(Br)cc2)cc1.C.CC1(C)OB(c2ccc(N(c3ccc(B4OC(C)(C)C(C)(C)O4)cc3)c3cc(F)c(F)c(F)c3)cc2)OC1(C)C.CCC1(COCCCCCCOCc2ccc(Br)cc2)COC1.CCCCCCCCc1ccc(Br)cc1. The molecule has 3 aliphatic rings. The van der Waals surface area contributed by atoms with Crippen LogP contribution in [0.3, 0.4) is 0 Å². The Morgan fingerprint density at radius 3 is 1.07 bits per heavy atom. The molecule has 9 nitrogen and oxygen atoms in total. The zero-order chi connectivity index (χ0) is 72.1. The lowest BCUT2D eigenvalue weighted by atomic mass is 9.79. The van der Waals surface area contributed by atoms with Crippen molar-refractivity contribution in [2.24, 2.45) is 5.41 Å². The van der Waals surface area contributed by atoms with E-state index in [-0.39, 0.29) is 13.1 Å². The van der Waals surface area contributed by atoms with E-state index in [1.165, 1.54) is 73.4 Å². The smallest absolute Gasteiger partial charge is 0.399 e. The molecule has 8 aromatic carbocycles. The van der Waals surface area contributed by atoms with Gasteiger partial charge >= 0.3 is 14.2 Å². The van der Waals surface area contributed by atoms with Crippen LogP contribution in [0, 0.1) is 22.9 Å². The molecule has 3 saturated heterocycles. The van der Waals surface area contributed by atoms with Gasteiger partial charge in [0.15, 0.2) is 17.5 Å². The number of anilines is 6. The van der Waals surface area contributed by atoms with Crippen molar-refractivity contribution in [2.45, 2.75) is 183 Å². The summed E-state index contributed by atoms with van der Waals surface area (Å²) in [6, 6.07) is 58.5. The number of unbranched alkanes of at least 4 members (excludes halogenated alkanes) is 8. The predicted octanol–water partition coefficient (Wildman–Crippen LogP) is 24.6. The van der Waals surface area contributed by atoms with Crippen molar-refractivity contribution >= 4 is 139 Å². The molecule has 3 fully saturated rings. The molecular formula is C82H100B2Br5F3N2O7. The van der Waals surface area contributed by atoms with Gasteiger partial charge in [0.05, 0.1) is 54.5 Å². The molecule has 0 N–H and O–H groups in total. The second-order valence-electron chi connectivity index (χ2n) is 27.8. The Labute approximate surface area is 643 Å². The zero-order valence-corrected chi connectivity index (χ0v) is 67.4. The van der Waals surface area contributed by atoms with Gasteiger partial charge in [0.2, 0.25) is 0 Å². The summed E-state index contributed by atoms with van der Waals surface area (Å²) < 4.78 is 89.5. The zero-order valence-electron chi connectivity index (χ0n) is 59.5. The van der Waals surface area contributed by atoms with Crippen LogP contribution in [0.5, 0.6) is 0 Å². The van der Waals surface area contributed by atoms with Crippen LogP contribution in [0.4, 0.5) is 47.3 Å². The lowest BCUT2D eigenvalue weighted by molar-refractivity contribution is -0.150. The fourth-order valence-electron chi connectivity index (χ4n) is 11.2. The summed E-state index contributed by atoms with van der Waals surface area (Å²) in [6.45, 7) is 25.4. The average molecular weight is 1700 g/mol. The Morgan fingerprint density at radius 2 is 0.713 bits per heavy atom. The van der Waals surface area contributed by atoms with E-state index in [0.717, 1.165) is 110 Å². The van der Waals surface area contributed by atoms with Gasteiger partial charge in [-0.25, -0.2) is 13.2 Å². The fourth-order valence-corrected chi connectivity index (χ4v) is 12.5. The van der Waals surface area contributed by atoms with Gasteiger partial charge in [0.25, 0.3) is 0 Å². The normalized spacial score (nSPS) is 15.7. The molecule has 0 bridgehead atoms. The van der Waals surface area contributed by atoms with Crippen LogP contribution >= 0.6 is 79.6 Å². The number of ether oxygens (including phenoxy) is 3. The second-order valence-corrected chi connectivity index (χ2v) is 32.4. The lowest BCUT2D eigenvalue weighted by Gasteiger charge is -2.40. The van der Waals surface area contributed by atoms with Crippen molar-refractivity contribution < 1.29 is 46.0 Å². The molecular weight excluding hydrogens is 1600 g/mol. The summed E-state index contributed by atoms with van der Waals surface area (Å²) in [7, 11) is -1.13. The molecule has 0 atom stereocenters. The van der Waals surface area contributed by atoms with E-state index in [9.17, 15) is 13.2 Å². The first-order valence-electron chi connectivity index (χ1n) is 34.9. The topological polar surface area (TPSA) is 71.1 Å². The molecule has 19 heteroatoms. The van der Waals surface area contributed by atoms with Gasteiger partial charge in [0, 0.05) is 81.6 Å². The van der Waals surface area contributed by atoms with Crippen LogP contribution in [0.2, 0.25) is 0 Å². The van der Waals surface area contributed by atoms with Crippen LogP contribution in [0.15, 0.2) is 204 Å². The highest BCUT2D eigenvalue weighted by Crippen LogP contribution is 2.41. The lowest BCUT2D eigenvalue weighted by Crippen LogP contribution is -2.45. The third-order valence-corrected chi connectivity index (χ3v) is 21.7. The van der Waals surface area contributed by atoms with E-state index in [0.29, 0.717) is 23.4 Å². The third-order valence-electron chi connectivity index (χ3n) is 19.1. The van der Waals surface area contributed by atoms with Gasteiger partial charge in [-0.05, 0) is 231 Å². The van der Waals surface area contributed by atoms with Crippen LogP contribution in [-0.4, -0.2) is 69.7 Å². The maximum absolute atomic E-state index is 14.4. The summed E-state index contributed by atoms with van der Waals surface area (Å²) >= 11 is 17.4. The highest BCUT2D eigenvalue weighted by molar-refractivity contribution is 9.11. The van der Waals surface area contributed by atoms with Crippen molar-refractivity contribution in [3.8, 4) is 0 Å². The minimum atomic E-state index is -1.52. The Morgan fingerprint density at radius 1 is 0.396 bits per heavy atom. The fraction of sp³-hybridized carbons (Fsp3) is 0.415. The number of hydrogen-bond acceptors (Lipinski definition) is 9. The van der Waals surface area contributed by atoms with Crippen LogP contribution in [0.1, 0.15) is 158 Å². The predicted molar refractivity (Wildman–Crippen MR) is 431 cm³/mol. The molecule has 542 valence electrons. The van der Waals surface area contributed by atoms with Gasteiger partial charge < -0.3 is 42.6 Å². The van der Waals surface area contributed by atoms with Crippen molar-refractivity contribution in [3.05, 3.63) is 233 Å². The average Bonchev–Trinajstić information content (AvgIpc) is 1.69. The number of rotatable bonds is 27. The number of aryl methyl sites for hydroxylation is 1. The quantitative estimate of drug-likeness (QED) is 0.0284. The summed E-state index contributed by atoms with van der Waals surface area (Å²) in [5.74, 6) is -4.07. The Bertz CT molecular complexity index is 3510. The van der Waals surface area contributed by atoms with E-state index in [1.807, 2.05) is 104 Å². The number of benzene rings is 8. The summed E-state index contributed by atoms with van der Waals surface area (Å²) in [4.78, 5) is 3.87. The molecule has 101 heavy (non-hydrogen) atoms. The van der Waals surface area contributed by atoms with Gasteiger partial charge in [-0.1, -0.05) is 194 Å². The monoisotopic (exact) mass is 1700 g/mol. The van der Waals surface area contributed by atoms with E-state index >= 15 is 0 Å². The molecule has 0 amide bonds. The van der Waals surface area contributed by atoms with Crippen molar-refractivity contribution in [1.82, 2.24) is 0 Å². The van der Waals surface area contributed by atoms with Crippen molar-refractivity contribution in [3.63, 3.8) is 0 Å². The Kier molecular flexibility index (Phi) is 32.9. The third kappa shape index (κ3) is 24.5. The van der Waals surface area contributed by atoms with Crippen molar-refractivity contribution in [2.75, 3.05) is 42.8 Å². The van der Waals surface area contributed by atoms with E-state index in [4.69, 9.17) is 32.8 Å². The molecule has 11 rings (SSSR count). The maximum atomic E-state index is 14.4. The minimum Gasteiger partial charge on any atom is -0.399 e. The first-order valence-corrected chi connectivity index (χ1v) is 38.8. The van der Waals surface area contributed by atoms with E-state index in [2.05, 4.69) is 220 Å². The van der Waals surface area contributed by atoms with Gasteiger partial charge in [-0.15, -0.1) is 0 Å². The van der Waals surface area contributed by atoms with Crippen LogP contribution in [0.25, 0.3) is 0 Å². The summed E-state index contributed by atoms with van der Waals surface area (Å²) in [6.07, 6.45) is 15.4. The summed E-state index contributed by atoms with van der Waals surface area (Å²) in [5, 5.41) is 0. The minimum absolute atomic E-state index is 0. The largest absolute Gasteiger partial charge is 0.494 e. The standard InChI is InChI=1S/C30H34B2F3NO4.C19H29BrO3.C18H12Br3N.C14H21Br.CH4/c1-27(2)28(3,4)38-31(37-27)19-9-13-21(14-10-19)36(23-17-24(33)26(35)25(34)18-23)22-15-11-20(12-16-22)32-39-29(5,6)30(7,8)40-32;1-2-19(15-23-16-19)14-22-12-6-4-3-5-11-21-13-17-7-9-18(20)10-8-17;19-13-1-7-16(8-2-13)22(17-9-3-14(20)4-10-17)18-11-5-15(21)6-12-18;1-2-3-4-5-6-7-8-13-9-11-14(15)12-10-13;/h9-18H,1-8H3;7-10H,2-6,11-16H2,1H3;1-12H;9-12H,2-8H2,1H3;1H4. The van der Waals surface area contributed by atoms with Crippen molar-refractivity contribution in [1.29, 1.82) is 0 Å². The number of hydrogen-bond donors (Lipinski definition) is 0. The number of halogens is 8. The van der Waals surface area contributed by atoms with Crippen LogP contribution < -0.4 is 20.7 Å². The Balaban J connectivity index is 0.000000202. The molecule has 0 radical (unpaired) electrons.